The molecule has 2 unspecified atom stereocenters. The maximum absolute atomic E-state index is 5.32. The lowest BCUT2D eigenvalue weighted by Crippen LogP contribution is -2.37. The van der Waals surface area contributed by atoms with Gasteiger partial charge in [-0.15, -0.1) is 11.3 Å². The highest BCUT2D eigenvalue weighted by Crippen LogP contribution is 2.33. The Morgan fingerprint density at radius 1 is 1.52 bits per heavy atom. The lowest BCUT2D eigenvalue weighted by atomic mass is 9.99. The van der Waals surface area contributed by atoms with E-state index < -0.39 is 0 Å². The van der Waals surface area contributed by atoms with Crippen LogP contribution in [-0.4, -0.2) is 38.3 Å². The maximum atomic E-state index is 5.32. The Kier molecular flexibility index (Phi) is 6.45. The van der Waals surface area contributed by atoms with Crippen LogP contribution in [0.25, 0.3) is 0 Å². The normalized spacial score (nSPS) is 20.8. The van der Waals surface area contributed by atoms with Gasteiger partial charge in [0.05, 0.1) is 12.3 Å². The number of nitrogens with one attached hydrogen (secondary N) is 1. The van der Waals surface area contributed by atoms with E-state index in [9.17, 15) is 0 Å². The number of ether oxygens (including phenoxy) is 1. The molecule has 1 N–H and O–H groups in total. The number of aromatic nitrogens is 1. The van der Waals surface area contributed by atoms with E-state index in [2.05, 4.69) is 31.0 Å². The molecule has 4 nitrogen and oxygen atoms in total. The third-order valence-corrected chi connectivity index (χ3v) is 5.51. The summed E-state index contributed by atoms with van der Waals surface area (Å²) in [5.74, 6) is 0.645. The van der Waals surface area contributed by atoms with Crippen LogP contribution < -0.4 is 10.2 Å². The average molecular weight is 311 g/mol. The summed E-state index contributed by atoms with van der Waals surface area (Å²) in [7, 11) is 1.80. The third kappa shape index (κ3) is 4.41. The standard InChI is InChI=1S/C16H29N3OS/c1-5-8-17-12(2)15-13(3)18-16(21-15)19-9-6-7-14(10-19)11-20-4/h12,14,17H,5-11H2,1-4H3. The summed E-state index contributed by atoms with van der Waals surface area (Å²) in [5, 5.41) is 4.76. The van der Waals surface area contributed by atoms with Crippen LogP contribution in [0, 0.1) is 12.8 Å². The van der Waals surface area contributed by atoms with E-state index in [-0.39, 0.29) is 0 Å². The molecule has 2 rings (SSSR count). The molecule has 1 fully saturated rings. The third-order valence-electron chi connectivity index (χ3n) is 4.11. The Labute approximate surface area is 132 Å². The summed E-state index contributed by atoms with van der Waals surface area (Å²) in [6.45, 7) is 10.7. The molecule has 0 aromatic carbocycles. The fourth-order valence-electron chi connectivity index (χ4n) is 2.99. The Morgan fingerprint density at radius 2 is 2.33 bits per heavy atom. The first-order valence-corrected chi connectivity index (χ1v) is 8.92. The molecule has 0 radical (unpaired) electrons. The topological polar surface area (TPSA) is 37.4 Å². The summed E-state index contributed by atoms with van der Waals surface area (Å²) >= 11 is 1.86. The number of aryl methyl sites for hydroxylation is 1. The van der Waals surface area contributed by atoms with Crippen molar-refractivity contribution in [1.82, 2.24) is 10.3 Å². The second kappa shape index (κ2) is 8.11. The van der Waals surface area contributed by atoms with E-state index in [4.69, 9.17) is 9.72 Å². The summed E-state index contributed by atoms with van der Waals surface area (Å²) in [6.07, 6.45) is 3.68. The molecular weight excluding hydrogens is 282 g/mol. The molecule has 120 valence electrons. The first-order valence-electron chi connectivity index (χ1n) is 8.10. The molecule has 0 amide bonds. The zero-order valence-corrected chi connectivity index (χ0v) is 14.6. The molecular formula is C16H29N3OS. The predicted octanol–water partition coefficient (Wildman–Crippen LogP) is 3.37. The molecule has 2 atom stereocenters. The number of anilines is 1. The van der Waals surface area contributed by atoms with E-state index in [1.807, 2.05) is 11.3 Å². The minimum Gasteiger partial charge on any atom is -0.384 e. The van der Waals surface area contributed by atoms with Crippen molar-refractivity contribution in [1.29, 1.82) is 0 Å². The van der Waals surface area contributed by atoms with Crippen molar-refractivity contribution in [3.05, 3.63) is 10.6 Å². The largest absolute Gasteiger partial charge is 0.384 e. The van der Waals surface area contributed by atoms with Crippen LogP contribution in [0.2, 0.25) is 0 Å². The van der Waals surface area contributed by atoms with Gasteiger partial charge in [0.2, 0.25) is 0 Å². The van der Waals surface area contributed by atoms with Crippen LogP contribution in [0.3, 0.4) is 0 Å². The first kappa shape index (κ1) is 16.7. The average Bonchev–Trinajstić information content (AvgIpc) is 2.87. The monoisotopic (exact) mass is 311 g/mol. The van der Waals surface area contributed by atoms with Gasteiger partial charge in [-0.2, -0.15) is 0 Å². The molecule has 1 saturated heterocycles. The maximum Gasteiger partial charge on any atom is 0.185 e. The summed E-state index contributed by atoms with van der Waals surface area (Å²) in [4.78, 5) is 8.65. The zero-order chi connectivity index (χ0) is 15.2. The number of thiazole rings is 1. The molecule has 0 bridgehead atoms. The SMILES string of the molecule is CCCNC(C)c1sc(N2CCCC(COC)C2)nc1C. The number of piperidine rings is 1. The molecule has 2 heterocycles. The van der Waals surface area contributed by atoms with Gasteiger partial charge in [-0.05, 0) is 45.6 Å². The quantitative estimate of drug-likeness (QED) is 0.838. The molecule has 0 spiro atoms. The van der Waals surface area contributed by atoms with Gasteiger partial charge in [-0.1, -0.05) is 6.92 Å². The lowest BCUT2D eigenvalue weighted by Gasteiger charge is -2.32. The van der Waals surface area contributed by atoms with E-state index in [1.54, 1.807) is 7.11 Å². The number of methoxy groups -OCH3 is 1. The van der Waals surface area contributed by atoms with E-state index in [0.29, 0.717) is 12.0 Å². The molecule has 1 aliphatic heterocycles. The van der Waals surface area contributed by atoms with E-state index >= 15 is 0 Å². The number of hydrogen-bond donors (Lipinski definition) is 1. The number of rotatable bonds is 7. The highest BCUT2D eigenvalue weighted by molar-refractivity contribution is 7.15. The van der Waals surface area contributed by atoms with Crippen molar-refractivity contribution in [3.8, 4) is 0 Å². The van der Waals surface area contributed by atoms with Gasteiger partial charge in [0.1, 0.15) is 0 Å². The predicted molar refractivity (Wildman–Crippen MR) is 90.4 cm³/mol. The molecule has 21 heavy (non-hydrogen) atoms. The Balaban J connectivity index is 2.03. The summed E-state index contributed by atoms with van der Waals surface area (Å²) in [5.41, 5.74) is 1.18. The van der Waals surface area contributed by atoms with Crippen molar-refractivity contribution in [2.75, 3.05) is 38.3 Å². The smallest absolute Gasteiger partial charge is 0.185 e. The second-order valence-electron chi connectivity index (χ2n) is 6.03. The molecule has 5 heteroatoms. The molecule has 1 aromatic heterocycles. The summed E-state index contributed by atoms with van der Waals surface area (Å²) in [6, 6.07) is 0.399. The van der Waals surface area contributed by atoms with Gasteiger partial charge >= 0.3 is 0 Å². The van der Waals surface area contributed by atoms with Crippen LogP contribution in [0.15, 0.2) is 0 Å². The van der Waals surface area contributed by atoms with Crippen LogP contribution in [0.5, 0.6) is 0 Å². The Bertz CT molecular complexity index is 433. The van der Waals surface area contributed by atoms with E-state index in [0.717, 1.165) is 26.2 Å². The van der Waals surface area contributed by atoms with Crippen LogP contribution in [0.4, 0.5) is 5.13 Å². The molecule has 0 aliphatic carbocycles. The van der Waals surface area contributed by atoms with Gasteiger partial charge in [-0.3, -0.25) is 0 Å². The van der Waals surface area contributed by atoms with Gasteiger partial charge in [0.25, 0.3) is 0 Å². The fourth-order valence-corrected chi connectivity index (χ4v) is 4.12. The number of nitrogens with zero attached hydrogens (tertiary/aromatic N) is 2. The molecule has 0 saturated carbocycles. The minimum absolute atomic E-state index is 0.399. The van der Waals surface area contributed by atoms with Crippen molar-refractivity contribution in [2.24, 2.45) is 5.92 Å². The van der Waals surface area contributed by atoms with Crippen molar-refractivity contribution in [3.63, 3.8) is 0 Å². The van der Waals surface area contributed by atoms with Crippen LogP contribution in [-0.2, 0) is 4.74 Å². The van der Waals surface area contributed by atoms with Crippen LogP contribution in [0.1, 0.15) is 49.7 Å². The second-order valence-corrected chi connectivity index (χ2v) is 7.04. The van der Waals surface area contributed by atoms with Gasteiger partial charge in [0.15, 0.2) is 5.13 Å². The highest BCUT2D eigenvalue weighted by atomic mass is 32.1. The number of hydrogen-bond acceptors (Lipinski definition) is 5. The van der Waals surface area contributed by atoms with Gasteiger partial charge < -0.3 is 15.0 Å². The van der Waals surface area contributed by atoms with E-state index in [1.165, 1.54) is 35.0 Å². The van der Waals surface area contributed by atoms with Crippen molar-refractivity contribution >= 4 is 16.5 Å². The van der Waals surface area contributed by atoms with Crippen molar-refractivity contribution in [2.45, 2.75) is 46.1 Å². The first-order chi connectivity index (χ1) is 10.2. The zero-order valence-electron chi connectivity index (χ0n) is 13.8. The Hall–Kier alpha value is -0.650. The molecule has 1 aliphatic rings. The fraction of sp³-hybridized carbons (Fsp3) is 0.812. The van der Waals surface area contributed by atoms with Gasteiger partial charge in [0, 0.05) is 31.1 Å². The minimum atomic E-state index is 0.399. The lowest BCUT2D eigenvalue weighted by molar-refractivity contribution is 0.143. The van der Waals surface area contributed by atoms with Crippen molar-refractivity contribution < 1.29 is 4.74 Å². The van der Waals surface area contributed by atoms with Gasteiger partial charge in [-0.25, -0.2) is 4.98 Å². The Morgan fingerprint density at radius 3 is 3.05 bits per heavy atom. The van der Waals surface area contributed by atoms with Crippen LogP contribution >= 0.6 is 11.3 Å². The summed E-state index contributed by atoms with van der Waals surface area (Å²) < 4.78 is 5.32. The molecule has 1 aromatic rings. The highest BCUT2D eigenvalue weighted by Gasteiger charge is 2.23.